The lowest BCUT2D eigenvalue weighted by molar-refractivity contribution is -0.141. The summed E-state index contributed by atoms with van der Waals surface area (Å²) >= 11 is 3.42. The third-order valence-electron chi connectivity index (χ3n) is 1.46. The normalized spacial score (nSPS) is 12.4. The SMILES string of the molecule is CC(C)(C)OC(=O)Nc1nc(C(F)(F)F)c(Br)s1. The molecule has 0 unspecified atom stereocenters. The zero-order valence-corrected chi connectivity index (χ0v) is 12.1. The van der Waals surface area contributed by atoms with Crippen molar-refractivity contribution in [2.24, 2.45) is 0 Å². The van der Waals surface area contributed by atoms with Crippen LogP contribution in [0, 0.1) is 0 Å². The summed E-state index contributed by atoms with van der Waals surface area (Å²) in [5.41, 5.74) is -1.80. The predicted molar refractivity (Wildman–Crippen MR) is 64.7 cm³/mol. The lowest BCUT2D eigenvalue weighted by Gasteiger charge is -2.18. The molecule has 1 aromatic heterocycles. The van der Waals surface area contributed by atoms with E-state index >= 15 is 0 Å². The summed E-state index contributed by atoms with van der Waals surface area (Å²) in [6, 6.07) is 0. The number of halogens is 4. The molecular formula is C9H10BrF3N2O2S. The topological polar surface area (TPSA) is 51.2 Å². The highest BCUT2D eigenvalue weighted by molar-refractivity contribution is 9.11. The molecule has 0 aliphatic heterocycles. The monoisotopic (exact) mass is 346 g/mol. The molecule has 1 amide bonds. The fourth-order valence-electron chi connectivity index (χ4n) is 0.921. The van der Waals surface area contributed by atoms with E-state index in [1.165, 1.54) is 0 Å². The summed E-state index contributed by atoms with van der Waals surface area (Å²) < 4.78 is 42.0. The van der Waals surface area contributed by atoms with E-state index < -0.39 is 23.6 Å². The minimum atomic E-state index is -4.57. The molecule has 0 aliphatic rings. The summed E-state index contributed by atoms with van der Waals surface area (Å²) in [6.45, 7) is 4.93. The van der Waals surface area contributed by atoms with Crippen molar-refractivity contribution in [3.8, 4) is 0 Å². The summed E-state index contributed by atoms with van der Waals surface area (Å²) in [5, 5.41) is 1.97. The number of rotatable bonds is 1. The third-order valence-corrected chi connectivity index (χ3v) is 3.08. The van der Waals surface area contributed by atoms with Crippen LogP contribution in [-0.2, 0) is 10.9 Å². The van der Waals surface area contributed by atoms with Crippen molar-refractivity contribution < 1.29 is 22.7 Å². The Balaban J connectivity index is 2.79. The van der Waals surface area contributed by atoms with Crippen LogP contribution in [0.1, 0.15) is 26.5 Å². The molecule has 0 aliphatic carbocycles. The number of ether oxygens (including phenoxy) is 1. The zero-order chi connectivity index (χ0) is 14.1. The number of alkyl halides is 3. The molecule has 102 valence electrons. The molecule has 0 radical (unpaired) electrons. The molecule has 1 heterocycles. The second kappa shape index (κ2) is 5.04. The number of aromatic nitrogens is 1. The quantitative estimate of drug-likeness (QED) is 0.825. The Morgan fingerprint density at radius 2 is 1.94 bits per heavy atom. The van der Waals surface area contributed by atoms with Gasteiger partial charge in [0.1, 0.15) is 9.39 Å². The Hall–Kier alpha value is -0.830. The van der Waals surface area contributed by atoms with Gasteiger partial charge in [0.15, 0.2) is 10.8 Å². The van der Waals surface area contributed by atoms with Crippen LogP contribution in [0.2, 0.25) is 0 Å². The summed E-state index contributed by atoms with van der Waals surface area (Å²) in [7, 11) is 0. The number of amides is 1. The molecule has 1 N–H and O–H groups in total. The van der Waals surface area contributed by atoms with Gasteiger partial charge in [0.25, 0.3) is 0 Å². The maximum Gasteiger partial charge on any atom is 0.435 e. The number of carbonyl (C=O) groups excluding carboxylic acids is 1. The highest BCUT2D eigenvalue weighted by atomic mass is 79.9. The number of hydrogen-bond acceptors (Lipinski definition) is 4. The Morgan fingerprint density at radius 1 is 1.39 bits per heavy atom. The minimum absolute atomic E-state index is 0.177. The first kappa shape index (κ1) is 15.2. The fraction of sp³-hybridized carbons (Fsp3) is 0.556. The van der Waals surface area contributed by atoms with Crippen LogP contribution >= 0.6 is 27.3 Å². The lowest BCUT2D eigenvalue weighted by Crippen LogP contribution is -2.27. The molecule has 0 fully saturated rings. The van der Waals surface area contributed by atoms with Gasteiger partial charge in [-0.05, 0) is 36.7 Å². The van der Waals surface area contributed by atoms with E-state index in [9.17, 15) is 18.0 Å². The maximum atomic E-state index is 12.4. The van der Waals surface area contributed by atoms with E-state index in [2.05, 4.69) is 26.2 Å². The first-order chi connectivity index (χ1) is 7.99. The molecule has 0 spiro atoms. The maximum absolute atomic E-state index is 12.4. The second-order valence-corrected chi connectivity index (χ2v) is 6.58. The van der Waals surface area contributed by atoms with Crippen LogP contribution in [0.3, 0.4) is 0 Å². The first-order valence-corrected chi connectivity index (χ1v) is 6.33. The number of nitrogens with one attached hydrogen (secondary N) is 1. The van der Waals surface area contributed by atoms with Crippen molar-refractivity contribution in [1.82, 2.24) is 4.98 Å². The summed E-state index contributed by atoms with van der Waals surface area (Å²) in [4.78, 5) is 14.6. The van der Waals surface area contributed by atoms with Crippen LogP contribution in [0.25, 0.3) is 0 Å². The van der Waals surface area contributed by atoms with Gasteiger partial charge in [-0.1, -0.05) is 11.3 Å². The van der Waals surface area contributed by atoms with Gasteiger partial charge in [-0.2, -0.15) is 13.2 Å². The molecule has 0 saturated carbocycles. The smallest absolute Gasteiger partial charge is 0.435 e. The van der Waals surface area contributed by atoms with E-state index in [-0.39, 0.29) is 8.92 Å². The Labute approximate surface area is 114 Å². The molecule has 1 rings (SSSR count). The largest absolute Gasteiger partial charge is 0.444 e. The van der Waals surface area contributed by atoms with Crippen molar-refractivity contribution in [2.45, 2.75) is 32.5 Å². The Morgan fingerprint density at radius 3 is 2.33 bits per heavy atom. The van der Waals surface area contributed by atoms with E-state index in [0.29, 0.717) is 11.3 Å². The van der Waals surface area contributed by atoms with Gasteiger partial charge < -0.3 is 4.74 Å². The second-order valence-electron chi connectivity index (χ2n) is 4.27. The van der Waals surface area contributed by atoms with Crippen LogP contribution in [-0.4, -0.2) is 16.7 Å². The molecule has 1 aromatic rings. The molecular weight excluding hydrogens is 337 g/mol. The average molecular weight is 347 g/mol. The fourth-order valence-corrected chi connectivity index (χ4v) is 2.39. The molecule has 0 aromatic carbocycles. The van der Waals surface area contributed by atoms with E-state index in [0.717, 1.165) is 0 Å². The predicted octanol–water partition coefficient (Wildman–Crippen LogP) is 4.27. The van der Waals surface area contributed by atoms with Gasteiger partial charge in [-0.15, -0.1) is 0 Å². The van der Waals surface area contributed by atoms with Crippen molar-refractivity contribution >= 4 is 38.5 Å². The van der Waals surface area contributed by atoms with E-state index in [1.807, 2.05) is 0 Å². The number of hydrogen-bond donors (Lipinski definition) is 1. The summed E-state index contributed by atoms with van der Waals surface area (Å²) in [6.07, 6.45) is -5.42. The molecule has 0 bridgehead atoms. The third kappa shape index (κ3) is 4.45. The van der Waals surface area contributed by atoms with Crippen molar-refractivity contribution in [2.75, 3.05) is 5.32 Å². The van der Waals surface area contributed by atoms with Gasteiger partial charge in [0, 0.05) is 0 Å². The van der Waals surface area contributed by atoms with Crippen molar-refractivity contribution in [1.29, 1.82) is 0 Å². The molecule has 0 saturated heterocycles. The molecule has 9 heteroatoms. The molecule has 18 heavy (non-hydrogen) atoms. The standard InChI is InChI=1S/C9H10BrF3N2O2S/c1-8(2,3)17-7(16)15-6-14-4(5(10)18-6)9(11,12)13/h1-3H3,(H,14,15,16). The van der Waals surface area contributed by atoms with Gasteiger partial charge in [0.2, 0.25) is 0 Å². The van der Waals surface area contributed by atoms with Gasteiger partial charge in [-0.3, -0.25) is 5.32 Å². The highest BCUT2D eigenvalue weighted by Crippen LogP contribution is 2.39. The number of carbonyl (C=O) groups is 1. The van der Waals surface area contributed by atoms with Crippen molar-refractivity contribution in [3.05, 3.63) is 9.48 Å². The number of thiazole rings is 1. The van der Waals surface area contributed by atoms with Gasteiger partial charge in [0.05, 0.1) is 0 Å². The zero-order valence-electron chi connectivity index (χ0n) is 9.68. The van der Waals surface area contributed by atoms with Crippen LogP contribution in [0.15, 0.2) is 3.79 Å². The number of nitrogens with zero attached hydrogens (tertiary/aromatic N) is 1. The lowest BCUT2D eigenvalue weighted by atomic mass is 10.2. The summed E-state index contributed by atoms with van der Waals surface area (Å²) in [5.74, 6) is 0. The van der Waals surface area contributed by atoms with Crippen LogP contribution in [0.4, 0.5) is 23.1 Å². The van der Waals surface area contributed by atoms with Crippen LogP contribution < -0.4 is 5.32 Å². The van der Waals surface area contributed by atoms with Gasteiger partial charge >= 0.3 is 12.3 Å². The van der Waals surface area contributed by atoms with E-state index in [1.54, 1.807) is 20.8 Å². The molecule has 0 atom stereocenters. The minimum Gasteiger partial charge on any atom is -0.444 e. The average Bonchev–Trinajstić information content (AvgIpc) is 2.41. The first-order valence-electron chi connectivity index (χ1n) is 4.72. The van der Waals surface area contributed by atoms with E-state index in [4.69, 9.17) is 4.74 Å². The number of anilines is 1. The Bertz CT molecular complexity index is 454. The van der Waals surface area contributed by atoms with Crippen molar-refractivity contribution in [3.63, 3.8) is 0 Å². The Kier molecular flexibility index (Phi) is 4.26. The molecule has 4 nitrogen and oxygen atoms in total. The van der Waals surface area contributed by atoms with Crippen LogP contribution in [0.5, 0.6) is 0 Å². The van der Waals surface area contributed by atoms with Gasteiger partial charge in [-0.25, -0.2) is 9.78 Å². The highest BCUT2D eigenvalue weighted by Gasteiger charge is 2.37.